The fourth-order valence-corrected chi connectivity index (χ4v) is 3.70. The van der Waals surface area contributed by atoms with Gasteiger partial charge in [-0.1, -0.05) is 24.4 Å². The predicted molar refractivity (Wildman–Crippen MR) is 88.9 cm³/mol. The van der Waals surface area contributed by atoms with E-state index in [1.807, 2.05) is 25.1 Å². The molecule has 110 valence electrons. The second kappa shape index (κ2) is 5.93. The number of benzene rings is 1. The molecule has 0 unspecified atom stereocenters. The summed E-state index contributed by atoms with van der Waals surface area (Å²) in [5.74, 6) is 1.01. The Kier molecular flexibility index (Phi) is 4.18. The van der Waals surface area contributed by atoms with Crippen molar-refractivity contribution in [3.05, 3.63) is 49.3 Å². The summed E-state index contributed by atoms with van der Waals surface area (Å²) in [7, 11) is 0. The Balaban J connectivity index is 2.13. The molecule has 5 heteroatoms. The van der Waals surface area contributed by atoms with Crippen LogP contribution in [0.5, 0.6) is 0 Å². The smallest absolute Gasteiger partial charge is 0.265 e. The van der Waals surface area contributed by atoms with Crippen molar-refractivity contribution in [2.45, 2.75) is 38.5 Å². The number of halogens is 2. The maximum absolute atomic E-state index is 12.2. The quantitative estimate of drug-likeness (QED) is 0.827. The maximum atomic E-state index is 12.2. The minimum atomic E-state index is -0.115. The lowest BCUT2D eigenvalue weighted by atomic mass is 10.0. The van der Waals surface area contributed by atoms with Gasteiger partial charge in [0.15, 0.2) is 0 Å². The molecule has 3 nitrogen and oxygen atoms in total. The molecule has 1 heterocycles. The van der Waals surface area contributed by atoms with Crippen molar-refractivity contribution in [3.8, 4) is 11.4 Å². The number of rotatable bonds is 2. The Hall–Kier alpha value is -1.13. The van der Waals surface area contributed by atoms with E-state index in [0.717, 1.165) is 29.7 Å². The van der Waals surface area contributed by atoms with E-state index in [1.165, 1.54) is 12.8 Å². The van der Waals surface area contributed by atoms with Crippen molar-refractivity contribution in [1.82, 2.24) is 9.97 Å². The predicted octanol–water partition coefficient (Wildman–Crippen LogP) is 4.82. The lowest BCUT2D eigenvalue weighted by molar-refractivity contribution is 0.688. The van der Waals surface area contributed by atoms with Crippen LogP contribution in [0.4, 0.5) is 0 Å². The van der Waals surface area contributed by atoms with E-state index in [9.17, 15) is 4.79 Å². The van der Waals surface area contributed by atoms with E-state index in [2.05, 4.69) is 20.9 Å². The molecule has 1 aromatic heterocycles. The summed E-state index contributed by atoms with van der Waals surface area (Å²) in [5.41, 5.74) is 2.70. The maximum Gasteiger partial charge on any atom is 0.265 e. The molecule has 1 N–H and O–H groups in total. The molecule has 0 radical (unpaired) electrons. The highest BCUT2D eigenvalue weighted by molar-refractivity contribution is 9.10. The van der Waals surface area contributed by atoms with Crippen LogP contribution in [0.3, 0.4) is 0 Å². The fraction of sp³-hybridized carbons (Fsp3) is 0.375. The summed E-state index contributed by atoms with van der Waals surface area (Å²) >= 11 is 9.40. The van der Waals surface area contributed by atoms with Gasteiger partial charge >= 0.3 is 0 Å². The third-order valence-electron chi connectivity index (χ3n) is 4.07. The molecule has 0 saturated heterocycles. The van der Waals surface area contributed by atoms with Gasteiger partial charge in [0.25, 0.3) is 5.56 Å². The van der Waals surface area contributed by atoms with Gasteiger partial charge in [-0.25, -0.2) is 4.98 Å². The van der Waals surface area contributed by atoms with E-state index in [0.29, 0.717) is 21.2 Å². The first kappa shape index (κ1) is 14.8. The standard InChI is InChI=1S/C16H16BrClN2O/c1-9-8-11(18)6-7-12(9)15-19-14(10-4-2-3-5-10)13(17)16(21)20-15/h6-8,10H,2-5H2,1H3,(H,19,20,21). The highest BCUT2D eigenvalue weighted by atomic mass is 79.9. The van der Waals surface area contributed by atoms with E-state index in [4.69, 9.17) is 16.6 Å². The molecule has 0 atom stereocenters. The van der Waals surface area contributed by atoms with Crippen LogP contribution in [0.15, 0.2) is 27.5 Å². The average molecular weight is 368 g/mol. The monoisotopic (exact) mass is 366 g/mol. The van der Waals surface area contributed by atoms with Crippen molar-refractivity contribution >= 4 is 27.5 Å². The van der Waals surface area contributed by atoms with Crippen molar-refractivity contribution in [2.75, 3.05) is 0 Å². The summed E-state index contributed by atoms with van der Waals surface area (Å²) in [4.78, 5) is 19.8. The molecule has 1 fully saturated rings. The van der Waals surface area contributed by atoms with E-state index < -0.39 is 0 Å². The van der Waals surface area contributed by atoms with Crippen molar-refractivity contribution in [1.29, 1.82) is 0 Å². The van der Waals surface area contributed by atoms with Gasteiger partial charge in [-0.2, -0.15) is 0 Å². The topological polar surface area (TPSA) is 45.8 Å². The number of H-pyrrole nitrogens is 1. The van der Waals surface area contributed by atoms with Gasteiger partial charge < -0.3 is 4.98 Å². The average Bonchev–Trinajstić information content (AvgIpc) is 2.96. The molecule has 1 aromatic carbocycles. The normalized spacial score (nSPS) is 15.6. The number of aromatic nitrogens is 2. The lowest BCUT2D eigenvalue weighted by Crippen LogP contribution is -2.15. The summed E-state index contributed by atoms with van der Waals surface area (Å²) in [6, 6.07) is 5.61. The molecule has 0 aliphatic heterocycles. The van der Waals surface area contributed by atoms with Gasteiger partial charge in [-0.3, -0.25) is 4.79 Å². The van der Waals surface area contributed by atoms with E-state index in [-0.39, 0.29) is 5.56 Å². The summed E-state index contributed by atoms with van der Waals surface area (Å²) in [6.45, 7) is 1.97. The van der Waals surface area contributed by atoms with Gasteiger partial charge in [-0.05, 0) is 59.5 Å². The molecule has 3 rings (SSSR count). The Labute approximate surface area is 136 Å². The van der Waals surface area contributed by atoms with Gasteiger partial charge in [0, 0.05) is 16.5 Å². The third-order valence-corrected chi connectivity index (χ3v) is 5.08. The summed E-state index contributed by atoms with van der Waals surface area (Å²) in [5, 5.41) is 0.687. The van der Waals surface area contributed by atoms with Crippen LogP contribution >= 0.6 is 27.5 Å². The van der Waals surface area contributed by atoms with Crippen molar-refractivity contribution in [3.63, 3.8) is 0 Å². The molecule has 0 amide bonds. The van der Waals surface area contributed by atoms with Gasteiger partial charge in [0.2, 0.25) is 0 Å². The number of nitrogens with zero attached hydrogens (tertiary/aromatic N) is 1. The molecular formula is C16H16BrClN2O. The summed E-state index contributed by atoms with van der Waals surface area (Å²) in [6.07, 6.45) is 4.63. The lowest BCUT2D eigenvalue weighted by Gasteiger charge is -2.13. The first-order valence-corrected chi connectivity index (χ1v) is 8.29. The van der Waals surface area contributed by atoms with Crippen LogP contribution in [-0.4, -0.2) is 9.97 Å². The Morgan fingerprint density at radius 1 is 1.33 bits per heavy atom. The Bertz CT molecular complexity index is 736. The third kappa shape index (κ3) is 2.92. The van der Waals surface area contributed by atoms with Crippen LogP contribution < -0.4 is 5.56 Å². The summed E-state index contributed by atoms with van der Waals surface area (Å²) < 4.78 is 0.574. The number of hydrogen-bond acceptors (Lipinski definition) is 2. The molecule has 1 aliphatic carbocycles. The fourth-order valence-electron chi connectivity index (χ4n) is 2.97. The molecular weight excluding hydrogens is 352 g/mol. The largest absolute Gasteiger partial charge is 0.306 e. The number of hydrogen-bond donors (Lipinski definition) is 1. The second-order valence-electron chi connectivity index (χ2n) is 5.55. The first-order valence-electron chi connectivity index (χ1n) is 7.12. The molecule has 1 saturated carbocycles. The highest BCUT2D eigenvalue weighted by Gasteiger charge is 2.23. The molecule has 2 aromatic rings. The SMILES string of the molecule is Cc1cc(Cl)ccc1-c1nc(C2CCCC2)c(Br)c(=O)[nH]1. The zero-order valence-electron chi connectivity index (χ0n) is 11.7. The minimum Gasteiger partial charge on any atom is -0.306 e. The van der Waals surface area contributed by atoms with Crippen LogP contribution in [0.1, 0.15) is 42.9 Å². The first-order chi connectivity index (χ1) is 10.1. The van der Waals surface area contributed by atoms with Gasteiger partial charge in [-0.15, -0.1) is 0 Å². The molecule has 21 heavy (non-hydrogen) atoms. The van der Waals surface area contributed by atoms with E-state index >= 15 is 0 Å². The van der Waals surface area contributed by atoms with Crippen LogP contribution in [-0.2, 0) is 0 Å². The van der Waals surface area contributed by atoms with E-state index in [1.54, 1.807) is 0 Å². The van der Waals surface area contributed by atoms with Crippen molar-refractivity contribution < 1.29 is 0 Å². The van der Waals surface area contributed by atoms with Gasteiger partial charge in [0.1, 0.15) is 10.3 Å². The molecule has 0 spiro atoms. The molecule has 0 bridgehead atoms. The minimum absolute atomic E-state index is 0.115. The zero-order valence-corrected chi connectivity index (χ0v) is 14.1. The number of nitrogens with one attached hydrogen (secondary N) is 1. The zero-order chi connectivity index (χ0) is 15.0. The Morgan fingerprint density at radius 2 is 2.05 bits per heavy atom. The van der Waals surface area contributed by atoms with Gasteiger partial charge in [0.05, 0.1) is 5.69 Å². The van der Waals surface area contributed by atoms with Crippen molar-refractivity contribution in [2.24, 2.45) is 0 Å². The van der Waals surface area contributed by atoms with Crippen LogP contribution in [0.25, 0.3) is 11.4 Å². The number of aromatic amines is 1. The van der Waals surface area contributed by atoms with Crippen LogP contribution in [0, 0.1) is 6.92 Å². The number of aryl methyl sites for hydroxylation is 1. The van der Waals surface area contributed by atoms with Crippen LogP contribution in [0.2, 0.25) is 5.02 Å². The Morgan fingerprint density at radius 3 is 2.71 bits per heavy atom. The molecule has 1 aliphatic rings. The highest BCUT2D eigenvalue weighted by Crippen LogP contribution is 2.36. The second-order valence-corrected chi connectivity index (χ2v) is 6.78.